The van der Waals surface area contributed by atoms with Crippen molar-refractivity contribution in [3.8, 4) is 34.2 Å². The van der Waals surface area contributed by atoms with Crippen LogP contribution in [-0.4, -0.2) is 59.9 Å². The second kappa shape index (κ2) is 9.47. The van der Waals surface area contributed by atoms with Crippen molar-refractivity contribution in [3.63, 3.8) is 0 Å². The number of hydrogen-bond donors (Lipinski definition) is 2. The molecule has 2 aliphatic heterocycles. The van der Waals surface area contributed by atoms with Crippen molar-refractivity contribution in [2.24, 2.45) is 7.05 Å². The van der Waals surface area contributed by atoms with Gasteiger partial charge in [0.1, 0.15) is 29.1 Å². The van der Waals surface area contributed by atoms with E-state index in [0.717, 1.165) is 59.5 Å². The van der Waals surface area contributed by atoms with Crippen LogP contribution < -0.4 is 4.90 Å². The molecule has 10 heteroatoms. The Kier molecular flexibility index (Phi) is 5.75. The van der Waals surface area contributed by atoms with E-state index in [9.17, 15) is 14.8 Å². The molecule has 2 unspecified atom stereocenters. The van der Waals surface area contributed by atoms with Crippen molar-refractivity contribution in [2.45, 2.75) is 31.5 Å². The number of aromatic nitrogens is 5. The molecule has 6 heterocycles. The maximum Gasteiger partial charge on any atom is 0.138 e. The average molecular weight is 535 g/mol. The highest BCUT2D eigenvalue weighted by molar-refractivity contribution is 5.98. The normalized spacial score (nSPS) is 18.9. The summed E-state index contributed by atoms with van der Waals surface area (Å²) < 4.78 is 15.5. The zero-order valence-corrected chi connectivity index (χ0v) is 21.9. The van der Waals surface area contributed by atoms with Crippen molar-refractivity contribution < 1.29 is 9.50 Å². The van der Waals surface area contributed by atoms with Crippen molar-refractivity contribution in [1.29, 1.82) is 5.26 Å². The highest BCUT2D eigenvalue weighted by Gasteiger charge is 2.40. The van der Waals surface area contributed by atoms with Crippen molar-refractivity contribution in [1.82, 2.24) is 29.6 Å². The first-order chi connectivity index (χ1) is 19.5. The molecule has 2 bridgehead atoms. The summed E-state index contributed by atoms with van der Waals surface area (Å²) in [4.78, 5) is 17.3. The van der Waals surface area contributed by atoms with Gasteiger partial charge in [0.05, 0.1) is 17.5 Å². The lowest BCUT2D eigenvalue weighted by Crippen LogP contribution is -2.53. The minimum Gasteiger partial charge on any atom is -0.508 e. The number of phenols is 1. The van der Waals surface area contributed by atoms with E-state index < -0.39 is 0 Å². The standard InChI is InChI=1S/C30H27FN8O/c1-37-14-21(13-35-37)26-9-25-29(20(10-32)12-34-30(25)36-26)18-2-7-28(33-11-18)38-16-23-4-5-24(17-38)39(23)15-19-8-22(31)3-6-27(19)40/h2-3,6-9,11-14,23-24,40H,4-5,15-17H2,1H3,(H,34,36). The van der Waals surface area contributed by atoms with Gasteiger partial charge < -0.3 is 15.0 Å². The van der Waals surface area contributed by atoms with Crippen LogP contribution in [0.25, 0.3) is 33.4 Å². The zero-order chi connectivity index (χ0) is 27.4. The SMILES string of the molecule is Cn1cc(-c2cc3c(-c4ccc(N5CC6CCC(C5)N6Cc5cc(F)ccc5O)nc4)c(C#N)cnc3[nH]2)cn1. The van der Waals surface area contributed by atoms with Gasteiger partial charge >= 0.3 is 0 Å². The van der Waals surface area contributed by atoms with Crippen LogP contribution in [0.1, 0.15) is 24.0 Å². The molecule has 2 saturated heterocycles. The van der Waals surface area contributed by atoms with Gasteiger partial charge in [0, 0.05) is 85.0 Å². The first-order valence-electron chi connectivity index (χ1n) is 13.3. The predicted molar refractivity (Wildman–Crippen MR) is 149 cm³/mol. The third kappa shape index (κ3) is 4.15. The molecular formula is C30H27FN8O. The molecule has 7 rings (SSSR count). The molecule has 9 nitrogen and oxygen atoms in total. The average Bonchev–Trinajstić information content (AvgIpc) is 3.65. The number of benzene rings is 1. The zero-order valence-electron chi connectivity index (χ0n) is 21.9. The predicted octanol–water partition coefficient (Wildman–Crippen LogP) is 4.59. The lowest BCUT2D eigenvalue weighted by Gasteiger charge is -2.41. The van der Waals surface area contributed by atoms with Gasteiger partial charge in [-0.05, 0) is 49.2 Å². The molecule has 5 aromatic rings. The fraction of sp³-hybridized carbons (Fsp3) is 0.267. The van der Waals surface area contributed by atoms with Crippen LogP contribution >= 0.6 is 0 Å². The Hall–Kier alpha value is -4.75. The van der Waals surface area contributed by atoms with Gasteiger partial charge in [0.15, 0.2) is 0 Å². The Balaban J connectivity index is 1.15. The monoisotopic (exact) mass is 534 g/mol. The summed E-state index contributed by atoms with van der Waals surface area (Å²) in [6.07, 6.45) is 9.27. The molecule has 2 atom stereocenters. The molecule has 0 saturated carbocycles. The van der Waals surface area contributed by atoms with E-state index in [1.165, 1.54) is 18.2 Å². The Morgan fingerprint density at radius 1 is 1.05 bits per heavy atom. The second-order valence-electron chi connectivity index (χ2n) is 10.6. The van der Waals surface area contributed by atoms with Crippen molar-refractivity contribution in [2.75, 3.05) is 18.0 Å². The number of piperazine rings is 1. The highest BCUT2D eigenvalue weighted by atomic mass is 19.1. The van der Waals surface area contributed by atoms with E-state index >= 15 is 0 Å². The number of hydrogen-bond acceptors (Lipinski definition) is 7. The van der Waals surface area contributed by atoms with Crippen LogP contribution in [0.3, 0.4) is 0 Å². The largest absolute Gasteiger partial charge is 0.508 e. The fourth-order valence-electron chi connectivity index (χ4n) is 6.22. The molecule has 0 radical (unpaired) electrons. The van der Waals surface area contributed by atoms with E-state index in [0.29, 0.717) is 35.4 Å². The number of fused-ring (bicyclic) bond motifs is 3. The molecule has 4 aromatic heterocycles. The van der Waals surface area contributed by atoms with Crippen molar-refractivity contribution >= 4 is 16.9 Å². The van der Waals surface area contributed by atoms with E-state index in [-0.39, 0.29) is 11.6 Å². The number of pyridine rings is 2. The molecular weight excluding hydrogens is 507 g/mol. The minimum absolute atomic E-state index is 0.137. The minimum atomic E-state index is -0.331. The van der Waals surface area contributed by atoms with Crippen LogP contribution in [0, 0.1) is 17.1 Å². The second-order valence-corrected chi connectivity index (χ2v) is 10.6. The Bertz CT molecular complexity index is 1760. The third-order valence-corrected chi connectivity index (χ3v) is 8.18. The number of phenolic OH excluding ortho intramolecular Hbond substituents is 1. The molecule has 2 N–H and O–H groups in total. The summed E-state index contributed by atoms with van der Waals surface area (Å²) in [5.74, 6) is 0.697. The van der Waals surface area contributed by atoms with E-state index in [1.807, 2.05) is 37.6 Å². The number of aromatic amines is 1. The van der Waals surface area contributed by atoms with Gasteiger partial charge in [-0.1, -0.05) is 0 Å². The quantitative estimate of drug-likeness (QED) is 0.339. The van der Waals surface area contributed by atoms with Crippen LogP contribution in [0.2, 0.25) is 0 Å². The highest BCUT2D eigenvalue weighted by Crippen LogP contribution is 2.37. The van der Waals surface area contributed by atoms with Gasteiger partial charge in [-0.2, -0.15) is 10.4 Å². The van der Waals surface area contributed by atoms with Crippen LogP contribution in [0.5, 0.6) is 5.75 Å². The smallest absolute Gasteiger partial charge is 0.138 e. The van der Waals surface area contributed by atoms with E-state index in [4.69, 9.17) is 4.98 Å². The fourth-order valence-corrected chi connectivity index (χ4v) is 6.22. The Morgan fingerprint density at radius 2 is 1.88 bits per heavy atom. The van der Waals surface area contributed by atoms with Gasteiger partial charge in [0.25, 0.3) is 0 Å². The van der Waals surface area contributed by atoms with E-state index in [2.05, 4.69) is 30.9 Å². The number of aromatic hydroxyl groups is 1. The molecule has 200 valence electrons. The first kappa shape index (κ1) is 24.3. The number of anilines is 1. The first-order valence-corrected chi connectivity index (χ1v) is 13.3. The Labute approximate surface area is 230 Å². The van der Waals surface area contributed by atoms with Crippen molar-refractivity contribution in [3.05, 3.63) is 78.1 Å². The summed E-state index contributed by atoms with van der Waals surface area (Å²) in [6.45, 7) is 2.16. The number of H-pyrrole nitrogens is 1. The molecule has 2 aliphatic rings. The summed E-state index contributed by atoms with van der Waals surface area (Å²) in [7, 11) is 1.87. The topological polar surface area (TPSA) is 110 Å². The number of nitriles is 1. The van der Waals surface area contributed by atoms with Gasteiger partial charge in [-0.15, -0.1) is 0 Å². The summed E-state index contributed by atoms with van der Waals surface area (Å²) in [5, 5.41) is 25.2. The summed E-state index contributed by atoms with van der Waals surface area (Å²) in [6, 6.07) is 13.1. The maximum absolute atomic E-state index is 13.8. The lowest BCUT2D eigenvalue weighted by molar-refractivity contribution is 0.158. The molecule has 0 spiro atoms. The van der Waals surface area contributed by atoms with Crippen LogP contribution in [0.4, 0.5) is 10.2 Å². The molecule has 1 aromatic carbocycles. The number of aryl methyl sites for hydroxylation is 1. The van der Waals surface area contributed by atoms with Gasteiger partial charge in [-0.3, -0.25) is 9.58 Å². The number of halogens is 1. The molecule has 0 aliphatic carbocycles. The number of rotatable bonds is 5. The summed E-state index contributed by atoms with van der Waals surface area (Å²) >= 11 is 0. The lowest BCUT2D eigenvalue weighted by atomic mass is 10.00. The Morgan fingerprint density at radius 3 is 2.58 bits per heavy atom. The summed E-state index contributed by atoms with van der Waals surface area (Å²) in [5.41, 5.74) is 5.31. The molecule has 0 amide bonds. The van der Waals surface area contributed by atoms with Crippen LogP contribution in [0.15, 0.2) is 61.2 Å². The van der Waals surface area contributed by atoms with E-state index in [1.54, 1.807) is 17.1 Å². The van der Waals surface area contributed by atoms with Gasteiger partial charge in [0.2, 0.25) is 0 Å². The number of nitrogens with one attached hydrogen (secondary N) is 1. The molecule has 2 fully saturated rings. The maximum atomic E-state index is 13.8. The van der Waals surface area contributed by atoms with Gasteiger partial charge in [-0.25, -0.2) is 14.4 Å². The third-order valence-electron chi connectivity index (χ3n) is 8.18. The van der Waals surface area contributed by atoms with Crippen LogP contribution in [-0.2, 0) is 13.6 Å². The molecule has 40 heavy (non-hydrogen) atoms. The number of nitrogens with zero attached hydrogens (tertiary/aromatic N) is 7.